The van der Waals surface area contributed by atoms with E-state index in [-0.39, 0.29) is 23.8 Å². The zero-order valence-corrected chi connectivity index (χ0v) is 23.4. The number of esters is 2. The third-order valence-electron chi connectivity index (χ3n) is 7.04. The molecule has 5 aromatic rings. The van der Waals surface area contributed by atoms with Gasteiger partial charge in [0, 0.05) is 22.3 Å². The first kappa shape index (κ1) is 27.4. The molecule has 0 radical (unpaired) electrons. The Bertz CT molecular complexity index is 1790. The van der Waals surface area contributed by atoms with Crippen molar-refractivity contribution >= 4 is 34.4 Å². The number of hydrogen-bond acceptors (Lipinski definition) is 5. The molecular formula is C34H30N2O5. The number of aromatic nitrogens is 1. The zero-order valence-electron chi connectivity index (χ0n) is 23.4. The van der Waals surface area contributed by atoms with Gasteiger partial charge < -0.3 is 19.4 Å². The molecule has 0 unspecified atom stereocenters. The lowest BCUT2D eigenvalue weighted by atomic mass is 10.1. The number of para-hydroxylation sites is 2. The van der Waals surface area contributed by atoms with Gasteiger partial charge in [-0.3, -0.25) is 4.79 Å². The summed E-state index contributed by atoms with van der Waals surface area (Å²) in [4.78, 5) is 39.3. The number of benzene rings is 4. The molecule has 0 fully saturated rings. The molecule has 0 aliphatic heterocycles. The molecule has 206 valence electrons. The zero-order chi connectivity index (χ0) is 29.1. The van der Waals surface area contributed by atoms with Gasteiger partial charge in [0.05, 0.1) is 28.9 Å². The number of carbonyl (C=O) groups is 3. The second-order valence-electron chi connectivity index (χ2n) is 9.72. The number of aryl methyl sites for hydroxylation is 2. The van der Waals surface area contributed by atoms with E-state index in [2.05, 4.69) is 5.32 Å². The van der Waals surface area contributed by atoms with E-state index in [0.29, 0.717) is 27.9 Å². The SMILES string of the molecule is CCOC(=O)c1c(C)n(-c2ccccc2)c2ccc(OC(=O)c3ccccc3NC(=O)c3ccc(C)c(C)c3)cc12. The number of hydrogen-bond donors (Lipinski definition) is 1. The van der Waals surface area contributed by atoms with Crippen LogP contribution < -0.4 is 10.1 Å². The summed E-state index contributed by atoms with van der Waals surface area (Å²) in [6, 6.07) is 27.0. The fourth-order valence-corrected chi connectivity index (χ4v) is 4.84. The van der Waals surface area contributed by atoms with Gasteiger partial charge >= 0.3 is 11.9 Å². The second kappa shape index (κ2) is 11.5. The molecule has 0 atom stereocenters. The number of nitrogens with zero attached hydrogens (tertiary/aromatic N) is 1. The minimum atomic E-state index is -0.641. The Labute approximate surface area is 238 Å². The van der Waals surface area contributed by atoms with Crippen LogP contribution in [0, 0.1) is 20.8 Å². The maximum absolute atomic E-state index is 13.3. The van der Waals surface area contributed by atoms with Crippen LogP contribution in [0.15, 0.2) is 91.0 Å². The Morgan fingerprint density at radius 3 is 2.24 bits per heavy atom. The highest BCUT2D eigenvalue weighted by Crippen LogP contribution is 2.33. The molecular weight excluding hydrogens is 516 g/mol. The standard InChI is InChI=1S/C34H30N2O5/c1-5-40-34(39)31-23(4)36(25-11-7-6-8-12-25)30-18-17-26(20-28(30)31)41-33(38)27-13-9-10-14-29(27)35-32(37)24-16-15-21(2)22(3)19-24/h6-20H,5H2,1-4H3,(H,35,37). The molecule has 1 heterocycles. The van der Waals surface area contributed by atoms with Gasteiger partial charge in [-0.2, -0.15) is 0 Å². The molecule has 7 nitrogen and oxygen atoms in total. The van der Waals surface area contributed by atoms with Crippen molar-refractivity contribution in [2.75, 3.05) is 11.9 Å². The van der Waals surface area contributed by atoms with Gasteiger partial charge in [0.1, 0.15) is 5.75 Å². The summed E-state index contributed by atoms with van der Waals surface area (Å²) in [6.07, 6.45) is 0. The molecule has 41 heavy (non-hydrogen) atoms. The van der Waals surface area contributed by atoms with Crippen molar-refractivity contribution in [3.05, 3.63) is 125 Å². The van der Waals surface area contributed by atoms with Gasteiger partial charge in [-0.05, 0) is 93.4 Å². The summed E-state index contributed by atoms with van der Waals surface area (Å²) in [7, 11) is 0. The Morgan fingerprint density at radius 1 is 0.780 bits per heavy atom. The predicted octanol–water partition coefficient (Wildman–Crippen LogP) is 7.20. The number of amides is 1. The fraction of sp³-hybridized carbons (Fsp3) is 0.147. The molecule has 0 saturated carbocycles. The second-order valence-corrected chi connectivity index (χ2v) is 9.72. The first-order valence-corrected chi connectivity index (χ1v) is 13.4. The average Bonchev–Trinajstić information content (AvgIpc) is 3.26. The van der Waals surface area contributed by atoms with E-state index in [0.717, 1.165) is 22.3 Å². The molecule has 0 aliphatic rings. The Balaban J connectivity index is 1.48. The molecule has 5 rings (SSSR count). The molecule has 0 saturated heterocycles. The van der Waals surface area contributed by atoms with Crippen molar-refractivity contribution < 1.29 is 23.9 Å². The van der Waals surface area contributed by atoms with Crippen LogP contribution in [0.25, 0.3) is 16.6 Å². The van der Waals surface area contributed by atoms with Gasteiger partial charge in [0.2, 0.25) is 0 Å². The number of nitrogens with one attached hydrogen (secondary N) is 1. The van der Waals surface area contributed by atoms with Crippen LogP contribution in [-0.2, 0) is 4.74 Å². The highest BCUT2D eigenvalue weighted by Gasteiger charge is 2.23. The molecule has 7 heteroatoms. The molecule has 0 bridgehead atoms. The number of ether oxygens (including phenoxy) is 2. The number of carbonyl (C=O) groups excluding carboxylic acids is 3. The highest BCUT2D eigenvalue weighted by atomic mass is 16.5. The summed E-state index contributed by atoms with van der Waals surface area (Å²) in [6.45, 7) is 7.77. The van der Waals surface area contributed by atoms with Crippen LogP contribution in [0.4, 0.5) is 5.69 Å². The summed E-state index contributed by atoms with van der Waals surface area (Å²) < 4.78 is 13.1. The van der Waals surface area contributed by atoms with Crippen LogP contribution in [0.5, 0.6) is 5.75 Å². The van der Waals surface area contributed by atoms with E-state index in [1.807, 2.05) is 73.9 Å². The topological polar surface area (TPSA) is 86.6 Å². The van der Waals surface area contributed by atoms with Crippen LogP contribution in [0.1, 0.15) is 54.8 Å². The van der Waals surface area contributed by atoms with Crippen molar-refractivity contribution in [3.8, 4) is 11.4 Å². The van der Waals surface area contributed by atoms with Crippen LogP contribution >= 0.6 is 0 Å². The minimum absolute atomic E-state index is 0.202. The van der Waals surface area contributed by atoms with E-state index in [9.17, 15) is 14.4 Å². The van der Waals surface area contributed by atoms with E-state index in [4.69, 9.17) is 9.47 Å². The Morgan fingerprint density at radius 2 is 1.51 bits per heavy atom. The molecule has 1 aromatic heterocycles. The molecule has 1 amide bonds. The average molecular weight is 547 g/mol. The lowest BCUT2D eigenvalue weighted by Crippen LogP contribution is -2.17. The summed E-state index contributed by atoms with van der Waals surface area (Å²) >= 11 is 0. The highest BCUT2D eigenvalue weighted by molar-refractivity contribution is 6.09. The van der Waals surface area contributed by atoms with Crippen molar-refractivity contribution in [2.24, 2.45) is 0 Å². The van der Waals surface area contributed by atoms with E-state index in [1.165, 1.54) is 0 Å². The van der Waals surface area contributed by atoms with Crippen molar-refractivity contribution in [2.45, 2.75) is 27.7 Å². The van der Waals surface area contributed by atoms with Gasteiger partial charge in [-0.25, -0.2) is 9.59 Å². The van der Waals surface area contributed by atoms with Crippen molar-refractivity contribution in [1.82, 2.24) is 4.57 Å². The van der Waals surface area contributed by atoms with E-state index in [1.54, 1.807) is 49.4 Å². The van der Waals surface area contributed by atoms with E-state index < -0.39 is 11.9 Å². The summed E-state index contributed by atoms with van der Waals surface area (Å²) in [5.74, 6) is -1.16. The molecule has 1 N–H and O–H groups in total. The molecule has 0 aliphatic carbocycles. The maximum atomic E-state index is 13.3. The quantitative estimate of drug-likeness (QED) is 0.172. The van der Waals surface area contributed by atoms with Crippen molar-refractivity contribution in [1.29, 1.82) is 0 Å². The Hall–Kier alpha value is -5.17. The van der Waals surface area contributed by atoms with Crippen LogP contribution in [0.2, 0.25) is 0 Å². The van der Waals surface area contributed by atoms with Gasteiger partial charge in [-0.15, -0.1) is 0 Å². The van der Waals surface area contributed by atoms with Gasteiger partial charge in [-0.1, -0.05) is 36.4 Å². The van der Waals surface area contributed by atoms with Crippen LogP contribution in [0.3, 0.4) is 0 Å². The summed E-state index contributed by atoms with van der Waals surface area (Å²) in [5, 5.41) is 3.44. The lowest BCUT2D eigenvalue weighted by molar-refractivity contribution is 0.0527. The van der Waals surface area contributed by atoms with Gasteiger partial charge in [0.15, 0.2) is 0 Å². The Kier molecular flexibility index (Phi) is 7.70. The third kappa shape index (κ3) is 5.47. The third-order valence-corrected chi connectivity index (χ3v) is 7.04. The maximum Gasteiger partial charge on any atom is 0.345 e. The van der Waals surface area contributed by atoms with Gasteiger partial charge in [0.25, 0.3) is 5.91 Å². The summed E-state index contributed by atoms with van der Waals surface area (Å²) in [5.41, 5.74) is 5.90. The molecule has 4 aromatic carbocycles. The normalized spacial score (nSPS) is 10.8. The van der Waals surface area contributed by atoms with Crippen molar-refractivity contribution in [3.63, 3.8) is 0 Å². The number of rotatable bonds is 7. The number of fused-ring (bicyclic) bond motifs is 1. The first-order chi connectivity index (χ1) is 19.8. The first-order valence-electron chi connectivity index (χ1n) is 13.4. The lowest BCUT2D eigenvalue weighted by Gasteiger charge is -2.12. The largest absolute Gasteiger partial charge is 0.462 e. The fourth-order valence-electron chi connectivity index (χ4n) is 4.84. The van der Waals surface area contributed by atoms with Crippen LogP contribution in [-0.4, -0.2) is 29.0 Å². The number of anilines is 1. The molecule has 0 spiro atoms. The monoisotopic (exact) mass is 546 g/mol. The predicted molar refractivity (Wildman–Crippen MR) is 159 cm³/mol. The van der Waals surface area contributed by atoms with E-state index >= 15 is 0 Å². The minimum Gasteiger partial charge on any atom is -0.462 e. The smallest absolute Gasteiger partial charge is 0.345 e.